The largest absolute Gasteiger partial charge is 0.480 e. The molecule has 1 N–H and O–H groups in total. The summed E-state index contributed by atoms with van der Waals surface area (Å²) in [6.45, 7) is 6.71. The van der Waals surface area contributed by atoms with Crippen molar-refractivity contribution in [3.05, 3.63) is 0 Å². The molecule has 0 aromatic heterocycles. The summed E-state index contributed by atoms with van der Waals surface area (Å²) in [7, 11) is 0. The van der Waals surface area contributed by atoms with Crippen molar-refractivity contribution in [1.29, 1.82) is 0 Å². The van der Waals surface area contributed by atoms with Crippen LogP contribution >= 0.6 is 0 Å². The monoisotopic (exact) mass is 255 g/mol. The molecule has 1 rings (SSSR count). The highest BCUT2D eigenvalue weighted by molar-refractivity contribution is 5.85. The minimum Gasteiger partial charge on any atom is -0.480 e. The van der Waals surface area contributed by atoms with E-state index in [4.69, 9.17) is 0 Å². The first-order valence-electron chi connectivity index (χ1n) is 7.06. The van der Waals surface area contributed by atoms with Crippen molar-refractivity contribution >= 4 is 11.9 Å². The van der Waals surface area contributed by atoms with Gasteiger partial charge in [0.15, 0.2) is 0 Å². The SMILES string of the molecule is CCC(CC)C(C)C(=O)N1CCCCC1C(=O)O. The predicted octanol–water partition coefficient (Wildman–Crippen LogP) is 2.52. The zero-order chi connectivity index (χ0) is 13.7. The van der Waals surface area contributed by atoms with E-state index in [0.29, 0.717) is 18.9 Å². The molecule has 0 aromatic rings. The molecule has 1 aliphatic rings. The van der Waals surface area contributed by atoms with Gasteiger partial charge in [0.05, 0.1) is 0 Å². The number of rotatable bonds is 5. The zero-order valence-corrected chi connectivity index (χ0v) is 11.7. The smallest absolute Gasteiger partial charge is 0.326 e. The Morgan fingerprint density at radius 3 is 2.39 bits per heavy atom. The van der Waals surface area contributed by atoms with E-state index in [2.05, 4.69) is 13.8 Å². The normalized spacial score (nSPS) is 22.0. The van der Waals surface area contributed by atoms with Crippen LogP contribution in [0.4, 0.5) is 0 Å². The second-order valence-electron chi connectivity index (χ2n) is 5.25. The fourth-order valence-electron chi connectivity index (χ4n) is 2.91. The molecule has 4 heteroatoms. The van der Waals surface area contributed by atoms with Gasteiger partial charge in [0.25, 0.3) is 0 Å². The second kappa shape index (κ2) is 6.76. The molecule has 104 valence electrons. The Kier molecular flexibility index (Phi) is 5.63. The third kappa shape index (κ3) is 3.24. The number of hydrogen-bond acceptors (Lipinski definition) is 2. The quantitative estimate of drug-likeness (QED) is 0.821. The van der Waals surface area contributed by atoms with Crippen molar-refractivity contribution in [3.8, 4) is 0 Å². The highest BCUT2D eigenvalue weighted by Gasteiger charge is 2.35. The number of amides is 1. The first-order valence-corrected chi connectivity index (χ1v) is 7.06. The van der Waals surface area contributed by atoms with Gasteiger partial charge in [-0.25, -0.2) is 4.79 Å². The van der Waals surface area contributed by atoms with Crippen LogP contribution in [0.3, 0.4) is 0 Å². The van der Waals surface area contributed by atoms with E-state index in [1.54, 1.807) is 4.90 Å². The fourth-order valence-corrected chi connectivity index (χ4v) is 2.91. The standard InChI is InChI=1S/C14H25NO3/c1-4-11(5-2)10(3)13(16)15-9-7-6-8-12(15)14(17)18/h10-12H,4-9H2,1-3H3,(H,17,18). The maximum atomic E-state index is 12.4. The van der Waals surface area contributed by atoms with E-state index < -0.39 is 12.0 Å². The van der Waals surface area contributed by atoms with Gasteiger partial charge >= 0.3 is 5.97 Å². The summed E-state index contributed by atoms with van der Waals surface area (Å²) in [6, 6.07) is -0.608. The van der Waals surface area contributed by atoms with Gasteiger partial charge in [-0.15, -0.1) is 0 Å². The molecule has 1 aliphatic heterocycles. The summed E-state index contributed by atoms with van der Waals surface area (Å²) in [5, 5.41) is 9.20. The molecule has 2 unspecified atom stereocenters. The lowest BCUT2D eigenvalue weighted by atomic mass is 9.87. The minimum atomic E-state index is -0.861. The summed E-state index contributed by atoms with van der Waals surface area (Å²) in [4.78, 5) is 25.2. The van der Waals surface area contributed by atoms with Crippen molar-refractivity contribution in [2.75, 3.05) is 6.54 Å². The van der Waals surface area contributed by atoms with Gasteiger partial charge in [0.1, 0.15) is 6.04 Å². The number of carboxylic acid groups (broad SMARTS) is 1. The van der Waals surface area contributed by atoms with E-state index in [1.165, 1.54) is 0 Å². The van der Waals surface area contributed by atoms with Crippen LogP contribution in [-0.2, 0) is 9.59 Å². The first kappa shape index (κ1) is 15.0. The number of carbonyl (C=O) groups is 2. The minimum absolute atomic E-state index is 0.0239. The molecular weight excluding hydrogens is 230 g/mol. The molecule has 2 atom stereocenters. The van der Waals surface area contributed by atoms with Crippen LogP contribution in [0.15, 0.2) is 0 Å². The lowest BCUT2D eigenvalue weighted by Gasteiger charge is -2.36. The highest BCUT2D eigenvalue weighted by Crippen LogP contribution is 2.25. The number of carbonyl (C=O) groups excluding carboxylic acids is 1. The van der Waals surface area contributed by atoms with Crippen LogP contribution in [0.2, 0.25) is 0 Å². The Balaban J connectivity index is 2.76. The zero-order valence-electron chi connectivity index (χ0n) is 11.7. The predicted molar refractivity (Wildman–Crippen MR) is 70.2 cm³/mol. The Bertz CT molecular complexity index is 299. The van der Waals surface area contributed by atoms with Crippen LogP contribution < -0.4 is 0 Å². The van der Waals surface area contributed by atoms with Gasteiger partial charge in [-0.3, -0.25) is 4.79 Å². The second-order valence-corrected chi connectivity index (χ2v) is 5.25. The maximum Gasteiger partial charge on any atom is 0.326 e. The van der Waals surface area contributed by atoms with E-state index in [-0.39, 0.29) is 11.8 Å². The van der Waals surface area contributed by atoms with Gasteiger partial charge < -0.3 is 10.0 Å². The molecule has 1 amide bonds. The lowest BCUT2D eigenvalue weighted by Crippen LogP contribution is -2.50. The first-order chi connectivity index (χ1) is 8.52. The van der Waals surface area contributed by atoms with Crippen molar-refractivity contribution in [2.45, 2.75) is 58.9 Å². The maximum absolute atomic E-state index is 12.4. The molecule has 4 nitrogen and oxygen atoms in total. The number of aliphatic carboxylic acids is 1. The molecule has 0 radical (unpaired) electrons. The summed E-state index contributed by atoms with van der Waals surface area (Å²) >= 11 is 0. The van der Waals surface area contributed by atoms with E-state index in [0.717, 1.165) is 25.7 Å². The fraction of sp³-hybridized carbons (Fsp3) is 0.857. The highest BCUT2D eigenvalue weighted by atomic mass is 16.4. The molecule has 1 saturated heterocycles. The molecular formula is C14H25NO3. The lowest BCUT2D eigenvalue weighted by molar-refractivity contribution is -0.154. The Hall–Kier alpha value is -1.06. The van der Waals surface area contributed by atoms with E-state index in [9.17, 15) is 14.7 Å². The average molecular weight is 255 g/mol. The Morgan fingerprint density at radius 2 is 1.89 bits per heavy atom. The Morgan fingerprint density at radius 1 is 1.28 bits per heavy atom. The van der Waals surface area contributed by atoms with Gasteiger partial charge in [-0.1, -0.05) is 33.6 Å². The molecule has 0 aromatic carbocycles. The van der Waals surface area contributed by atoms with Crippen LogP contribution in [0, 0.1) is 11.8 Å². The van der Waals surface area contributed by atoms with Crippen LogP contribution in [0.5, 0.6) is 0 Å². The summed E-state index contributed by atoms with van der Waals surface area (Å²) in [5.41, 5.74) is 0. The number of hydrogen-bond donors (Lipinski definition) is 1. The van der Waals surface area contributed by atoms with Gasteiger partial charge in [0.2, 0.25) is 5.91 Å². The van der Waals surface area contributed by atoms with Gasteiger partial charge in [0, 0.05) is 12.5 Å². The summed E-state index contributed by atoms with van der Waals surface area (Å²) < 4.78 is 0. The molecule has 1 heterocycles. The average Bonchev–Trinajstić information content (AvgIpc) is 2.39. The van der Waals surface area contributed by atoms with Crippen molar-refractivity contribution in [3.63, 3.8) is 0 Å². The van der Waals surface area contributed by atoms with E-state index >= 15 is 0 Å². The van der Waals surface area contributed by atoms with Crippen LogP contribution in [0.25, 0.3) is 0 Å². The molecule has 18 heavy (non-hydrogen) atoms. The van der Waals surface area contributed by atoms with Gasteiger partial charge in [-0.2, -0.15) is 0 Å². The third-order valence-electron chi connectivity index (χ3n) is 4.22. The molecule has 0 saturated carbocycles. The van der Waals surface area contributed by atoms with Crippen molar-refractivity contribution in [2.24, 2.45) is 11.8 Å². The Labute approximate surface area is 109 Å². The van der Waals surface area contributed by atoms with Crippen molar-refractivity contribution < 1.29 is 14.7 Å². The van der Waals surface area contributed by atoms with Gasteiger partial charge in [-0.05, 0) is 25.2 Å². The molecule has 0 bridgehead atoms. The molecule has 1 fully saturated rings. The number of likely N-dealkylation sites (tertiary alicyclic amines) is 1. The molecule has 0 aliphatic carbocycles. The van der Waals surface area contributed by atoms with Crippen molar-refractivity contribution in [1.82, 2.24) is 4.90 Å². The number of nitrogens with zero attached hydrogens (tertiary/aromatic N) is 1. The van der Waals surface area contributed by atoms with E-state index in [1.807, 2.05) is 6.92 Å². The van der Waals surface area contributed by atoms with Crippen LogP contribution in [-0.4, -0.2) is 34.5 Å². The topological polar surface area (TPSA) is 57.6 Å². The number of piperidine rings is 1. The third-order valence-corrected chi connectivity index (χ3v) is 4.22. The van der Waals surface area contributed by atoms with Crippen LogP contribution in [0.1, 0.15) is 52.9 Å². The number of carboxylic acids is 1. The summed E-state index contributed by atoms with van der Waals surface area (Å²) in [6.07, 6.45) is 4.35. The molecule has 0 spiro atoms. The summed E-state index contributed by atoms with van der Waals surface area (Å²) in [5.74, 6) is -0.551.